The Morgan fingerprint density at radius 3 is 2.41 bits per heavy atom. The van der Waals surface area contributed by atoms with Gasteiger partial charge in [0.2, 0.25) is 0 Å². The molecule has 2 rings (SSSR count). The summed E-state index contributed by atoms with van der Waals surface area (Å²) < 4.78 is 10.7. The Kier molecular flexibility index (Phi) is 5.54. The highest BCUT2D eigenvalue weighted by atomic mass is 16.5. The Labute approximate surface area is 128 Å². The summed E-state index contributed by atoms with van der Waals surface area (Å²) in [5.41, 5.74) is 1.04. The van der Waals surface area contributed by atoms with E-state index in [0.717, 1.165) is 6.29 Å². The van der Waals surface area contributed by atoms with Gasteiger partial charge in [-0.25, -0.2) is 0 Å². The van der Waals surface area contributed by atoms with E-state index >= 15 is 0 Å². The van der Waals surface area contributed by atoms with Crippen molar-refractivity contribution in [2.75, 3.05) is 20.3 Å². The first-order chi connectivity index (χ1) is 10.7. The number of rotatable bonds is 7. The summed E-state index contributed by atoms with van der Waals surface area (Å²) in [6.45, 7) is 0.699. The molecule has 5 nitrogen and oxygen atoms in total. The summed E-state index contributed by atoms with van der Waals surface area (Å²) in [5.74, 6) is 1.08. The Hall–Kier alpha value is -2.82. The van der Waals surface area contributed by atoms with Crippen LogP contribution in [0.15, 0.2) is 48.5 Å². The molecule has 0 atom stereocenters. The van der Waals surface area contributed by atoms with Gasteiger partial charge in [-0.05, 0) is 24.3 Å². The quantitative estimate of drug-likeness (QED) is 0.629. The van der Waals surface area contributed by atoms with E-state index in [1.807, 2.05) is 18.2 Å². The summed E-state index contributed by atoms with van der Waals surface area (Å²) in [7, 11) is 1.58. The molecule has 0 saturated heterocycles. The highest BCUT2D eigenvalue weighted by Crippen LogP contribution is 2.25. The number of carbonyl (C=O) groups excluding carboxylic acids is 2. The summed E-state index contributed by atoms with van der Waals surface area (Å²) in [6.07, 6.45) is 0.739. The first-order valence-corrected chi connectivity index (χ1v) is 6.84. The van der Waals surface area contributed by atoms with Gasteiger partial charge < -0.3 is 14.8 Å². The van der Waals surface area contributed by atoms with Crippen LogP contribution in [0.1, 0.15) is 20.7 Å². The summed E-state index contributed by atoms with van der Waals surface area (Å²) in [6, 6.07) is 13.8. The molecule has 114 valence electrons. The zero-order valence-corrected chi connectivity index (χ0v) is 12.2. The molecule has 0 fully saturated rings. The van der Waals surface area contributed by atoms with Gasteiger partial charge in [0.15, 0.2) is 11.5 Å². The molecule has 0 radical (unpaired) electrons. The average molecular weight is 299 g/mol. The molecule has 1 N–H and O–H groups in total. The van der Waals surface area contributed by atoms with E-state index in [0.29, 0.717) is 35.8 Å². The van der Waals surface area contributed by atoms with Gasteiger partial charge in [0, 0.05) is 11.1 Å². The molecule has 2 aromatic carbocycles. The van der Waals surface area contributed by atoms with Crippen LogP contribution >= 0.6 is 0 Å². The Balaban J connectivity index is 1.80. The Morgan fingerprint density at radius 1 is 1.09 bits per heavy atom. The molecular formula is C17H17NO4. The number of aldehydes is 1. The van der Waals surface area contributed by atoms with Crippen molar-refractivity contribution in [3.8, 4) is 11.5 Å². The lowest BCUT2D eigenvalue weighted by atomic mass is 10.1. The minimum Gasteiger partial charge on any atom is -0.493 e. The first kappa shape index (κ1) is 15.6. The first-order valence-electron chi connectivity index (χ1n) is 6.84. The largest absolute Gasteiger partial charge is 0.493 e. The molecule has 0 heterocycles. The van der Waals surface area contributed by atoms with Gasteiger partial charge in [0.25, 0.3) is 5.91 Å². The van der Waals surface area contributed by atoms with Gasteiger partial charge in [-0.2, -0.15) is 0 Å². The van der Waals surface area contributed by atoms with Gasteiger partial charge in [-0.1, -0.05) is 24.3 Å². The highest BCUT2D eigenvalue weighted by molar-refractivity contribution is 5.94. The molecule has 0 bridgehead atoms. The van der Waals surface area contributed by atoms with Crippen LogP contribution in [0.5, 0.6) is 11.5 Å². The molecule has 0 saturated carbocycles. The molecular weight excluding hydrogens is 282 g/mol. The average Bonchev–Trinajstić information content (AvgIpc) is 2.59. The maximum atomic E-state index is 11.9. The smallest absolute Gasteiger partial charge is 0.251 e. The predicted octanol–water partition coefficient (Wildman–Crippen LogP) is 2.32. The van der Waals surface area contributed by atoms with E-state index in [1.54, 1.807) is 37.4 Å². The SMILES string of the molecule is COc1ccccc1OCCNC(=O)c1ccc(C=O)cc1. The van der Waals surface area contributed by atoms with Crippen LogP contribution in [0, 0.1) is 0 Å². The fraction of sp³-hybridized carbons (Fsp3) is 0.176. The topological polar surface area (TPSA) is 64.6 Å². The van der Waals surface area contributed by atoms with Gasteiger partial charge in [0.05, 0.1) is 13.7 Å². The summed E-state index contributed by atoms with van der Waals surface area (Å²) >= 11 is 0. The maximum absolute atomic E-state index is 11.9. The van der Waals surface area contributed by atoms with Gasteiger partial charge >= 0.3 is 0 Å². The van der Waals surface area contributed by atoms with E-state index in [4.69, 9.17) is 9.47 Å². The number of hydrogen-bond acceptors (Lipinski definition) is 4. The number of para-hydroxylation sites is 2. The standard InChI is InChI=1S/C17H17NO4/c1-21-15-4-2-3-5-16(15)22-11-10-18-17(20)14-8-6-13(12-19)7-9-14/h2-9,12H,10-11H2,1H3,(H,18,20). The van der Waals surface area contributed by atoms with E-state index in [9.17, 15) is 9.59 Å². The Bertz CT molecular complexity index is 637. The molecule has 5 heteroatoms. The van der Waals surface area contributed by atoms with Crippen molar-refractivity contribution < 1.29 is 19.1 Å². The van der Waals surface area contributed by atoms with Crippen LogP contribution in [0.4, 0.5) is 0 Å². The van der Waals surface area contributed by atoms with Crippen molar-refractivity contribution in [2.24, 2.45) is 0 Å². The van der Waals surface area contributed by atoms with Crippen LogP contribution in [0.3, 0.4) is 0 Å². The van der Waals surface area contributed by atoms with E-state index in [-0.39, 0.29) is 5.91 Å². The number of benzene rings is 2. The second kappa shape index (κ2) is 7.83. The molecule has 1 amide bonds. The summed E-state index contributed by atoms with van der Waals surface area (Å²) in [4.78, 5) is 22.5. The number of hydrogen-bond donors (Lipinski definition) is 1. The highest BCUT2D eigenvalue weighted by Gasteiger charge is 2.06. The molecule has 0 aliphatic rings. The van der Waals surface area contributed by atoms with Crippen LogP contribution in [-0.2, 0) is 0 Å². The minimum atomic E-state index is -0.207. The van der Waals surface area contributed by atoms with Crippen molar-refractivity contribution in [3.63, 3.8) is 0 Å². The second-order valence-corrected chi connectivity index (χ2v) is 4.50. The fourth-order valence-electron chi connectivity index (χ4n) is 1.88. The number of nitrogens with one attached hydrogen (secondary N) is 1. The lowest BCUT2D eigenvalue weighted by molar-refractivity contribution is 0.0946. The monoisotopic (exact) mass is 299 g/mol. The number of ether oxygens (including phenoxy) is 2. The maximum Gasteiger partial charge on any atom is 0.251 e. The predicted molar refractivity (Wildman–Crippen MR) is 82.7 cm³/mol. The number of amides is 1. The lowest BCUT2D eigenvalue weighted by Crippen LogP contribution is -2.28. The molecule has 0 spiro atoms. The number of carbonyl (C=O) groups is 2. The molecule has 22 heavy (non-hydrogen) atoms. The van der Waals surface area contributed by atoms with E-state index in [1.165, 1.54) is 0 Å². The van der Waals surface area contributed by atoms with Crippen molar-refractivity contribution in [3.05, 3.63) is 59.7 Å². The van der Waals surface area contributed by atoms with E-state index < -0.39 is 0 Å². The van der Waals surface area contributed by atoms with Crippen molar-refractivity contribution in [2.45, 2.75) is 0 Å². The van der Waals surface area contributed by atoms with Crippen molar-refractivity contribution in [1.29, 1.82) is 0 Å². The fourth-order valence-corrected chi connectivity index (χ4v) is 1.88. The molecule has 0 aromatic heterocycles. The van der Waals surface area contributed by atoms with Crippen molar-refractivity contribution >= 4 is 12.2 Å². The van der Waals surface area contributed by atoms with Gasteiger partial charge in [-0.3, -0.25) is 9.59 Å². The van der Waals surface area contributed by atoms with E-state index in [2.05, 4.69) is 5.32 Å². The minimum absolute atomic E-state index is 0.207. The molecule has 0 aliphatic heterocycles. The zero-order valence-electron chi connectivity index (χ0n) is 12.2. The van der Waals surface area contributed by atoms with Crippen molar-refractivity contribution in [1.82, 2.24) is 5.32 Å². The molecule has 2 aromatic rings. The normalized spacial score (nSPS) is 9.86. The third kappa shape index (κ3) is 4.09. The van der Waals surface area contributed by atoms with Crippen LogP contribution in [0.2, 0.25) is 0 Å². The molecule has 0 aliphatic carbocycles. The number of methoxy groups -OCH3 is 1. The van der Waals surface area contributed by atoms with Gasteiger partial charge in [-0.15, -0.1) is 0 Å². The lowest BCUT2D eigenvalue weighted by Gasteiger charge is -2.10. The van der Waals surface area contributed by atoms with Gasteiger partial charge in [0.1, 0.15) is 12.9 Å². The molecule has 0 unspecified atom stereocenters. The van der Waals surface area contributed by atoms with Crippen LogP contribution in [-0.4, -0.2) is 32.5 Å². The third-order valence-corrected chi connectivity index (χ3v) is 3.02. The third-order valence-electron chi connectivity index (χ3n) is 3.02. The van der Waals surface area contributed by atoms with Crippen LogP contribution in [0.25, 0.3) is 0 Å². The summed E-state index contributed by atoms with van der Waals surface area (Å²) in [5, 5.41) is 2.75. The zero-order chi connectivity index (χ0) is 15.8. The second-order valence-electron chi connectivity index (χ2n) is 4.50. The Morgan fingerprint density at radius 2 is 1.77 bits per heavy atom. The van der Waals surface area contributed by atoms with Crippen LogP contribution < -0.4 is 14.8 Å².